The number of aromatic nitrogens is 2. The summed E-state index contributed by atoms with van der Waals surface area (Å²) in [4.78, 5) is 23.8. The Balaban J connectivity index is 1.46. The van der Waals surface area contributed by atoms with Crippen LogP contribution < -0.4 is 20.1 Å². The lowest BCUT2D eigenvalue weighted by Gasteiger charge is -2.37. The van der Waals surface area contributed by atoms with E-state index in [1.54, 1.807) is 18.3 Å². The number of fused-ring (bicyclic) bond motifs is 1. The molecule has 3 N–H and O–H groups in total. The van der Waals surface area contributed by atoms with E-state index in [4.69, 9.17) is 9.88 Å². The molecule has 2 aromatic rings. The molecule has 0 bridgehead atoms. The van der Waals surface area contributed by atoms with Gasteiger partial charge in [0.25, 0.3) is 5.91 Å². The Morgan fingerprint density at radius 2 is 1.86 bits per heavy atom. The van der Waals surface area contributed by atoms with Gasteiger partial charge in [-0.3, -0.25) is 9.69 Å². The molecule has 0 unspecified atom stereocenters. The Kier molecular flexibility index (Phi) is 4.04. The van der Waals surface area contributed by atoms with Crippen LogP contribution in [-0.4, -0.2) is 35.9 Å². The van der Waals surface area contributed by atoms with Crippen LogP contribution in [0.2, 0.25) is 0 Å². The van der Waals surface area contributed by atoms with E-state index in [1.807, 2.05) is 4.90 Å². The predicted octanol–water partition coefficient (Wildman–Crippen LogP) is 2.07. The monoisotopic (exact) mass is 415 g/mol. The van der Waals surface area contributed by atoms with Crippen molar-refractivity contribution in [1.82, 2.24) is 9.97 Å². The molecule has 1 aromatic heterocycles. The van der Waals surface area contributed by atoms with Crippen molar-refractivity contribution in [2.24, 2.45) is 5.14 Å². The smallest absolute Gasteiger partial charge is 0.272 e. The zero-order valence-electron chi connectivity index (χ0n) is 15.7. The number of amides is 1. The summed E-state index contributed by atoms with van der Waals surface area (Å²) in [7, 11) is -3.75. The second-order valence-corrected chi connectivity index (χ2v) is 9.35. The molecular weight excluding hydrogens is 394 g/mol. The summed E-state index contributed by atoms with van der Waals surface area (Å²) in [6.07, 6.45) is 7.17. The summed E-state index contributed by atoms with van der Waals surface area (Å²) in [5.41, 5.74) is -0.122. The number of sulfonamides is 1. The van der Waals surface area contributed by atoms with Gasteiger partial charge in [-0.15, -0.1) is 0 Å². The predicted molar refractivity (Wildman–Crippen MR) is 105 cm³/mol. The van der Waals surface area contributed by atoms with E-state index in [9.17, 15) is 13.2 Å². The van der Waals surface area contributed by atoms with Crippen LogP contribution >= 0.6 is 0 Å². The summed E-state index contributed by atoms with van der Waals surface area (Å²) < 4.78 is 28.8. The topological polar surface area (TPSA) is 128 Å². The minimum Gasteiger partial charge on any atom is -0.472 e. The number of benzene rings is 1. The van der Waals surface area contributed by atoms with E-state index < -0.39 is 15.6 Å². The van der Waals surface area contributed by atoms with Crippen LogP contribution in [0, 0.1) is 0 Å². The number of anilines is 3. The number of hydrogen-bond donors (Lipinski definition) is 2. The molecule has 1 aliphatic heterocycles. The molecule has 1 amide bonds. The number of ether oxygens (including phenoxy) is 1. The lowest BCUT2D eigenvalue weighted by Crippen LogP contribution is -2.52. The first-order valence-electron chi connectivity index (χ1n) is 9.65. The van der Waals surface area contributed by atoms with E-state index in [-0.39, 0.29) is 16.8 Å². The average molecular weight is 415 g/mol. The van der Waals surface area contributed by atoms with Crippen molar-refractivity contribution < 1.29 is 17.9 Å². The summed E-state index contributed by atoms with van der Waals surface area (Å²) in [5, 5.41) is 8.17. The molecule has 1 spiro atoms. The summed E-state index contributed by atoms with van der Waals surface area (Å²) in [6, 6.07) is 6.12. The van der Waals surface area contributed by atoms with Crippen LogP contribution in [0.5, 0.6) is 5.75 Å². The van der Waals surface area contributed by atoms with Gasteiger partial charge < -0.3 is 10.1 Å². The van der Waals surface area contributed by atoms with Crippen LogP contribution in [0.15, 0.2) is 35.4 Å². The van der Waals surface area contributed by atoms with E-state index >= 15 is 0 Å². The maximum Gasteiger partial charge on any atom is 0.272 e. The van der Waals surface area contributed by atoms with Gasteiger partial charge in [0, 0.05) is 24.6 Å². The molecular formula is C19H21N5O4S. The summed E-state index contributed by atoms with van der Waals surface area (Å²) >= 11 is 0. The molecule has 152 valence electrons. The van der Waals surface area contributed by atoms with Crippen molar-refractivity contribution >= 4 is 33.4 Å². The van der Waals surface area contributed by atoms with Gasteiger partial charge in [-0.1, -0.05) is 12.8 Å². The summed E-state index contributed by atoms with van der Waals surface area (Å²) in [5.74, 6) is 1.33. The molecule has 1 aromatic carbocycles. The van der Waals surface area contributed by atoms with Crippen molar-refractivity contribution in [3.8, 4) is 5.75 Å². The third-order valence-electron chi connectivity index (χ3n) is 5.71. The van der Waals surface area contributed by atoms with Gasteiger partial charge in [-0.2, -0.15) is 4.98 Å². The standard InChI is InChI=1S/C19H21N5O4S/c20-29(26,27)14-7-5-12(6-8-14)22-18-21-11-15-16(23-18)24(13-3-1-2-4-13)17(25)19(28-15)9-10-19/h5-8,11,13H,1-4,9-10H2,(H2,20,26,27)(H,21,22,23). The first-order chi connectivity index (χ1) is 13.9. The largest absolute Gasteiger partial charge is 0.472 e. The fourth-order valence-electron chi connectivity index (χ4n) is 4.02. The number of rotatable bonds is 4. The Morgan fingerprint density at radius 1 is 1.17 bits per heavy atom. The molecule has 29 heavy (non-hydrogen) atoms. The molecule has 2 fully saturated rings. The van der Waals surface area contributed by atoms with Gasteiger partial charge >= 0.3 is 0 Å². The van der Waals surface area contributed by atoms with Gasteiger partial charge in [0.2, 0.25) is 16.0 Å². The van der Waals surface area contributed by atoms with E-state index in [0.29, 0.717) is 23.2 Å². The third-order valence-corrected chi connectivity index (χ3v) is 6.64. The van der Waals surface area contributed by atoms with Crippen molar-refractivity contribution in [2.45, 2.75) is 55.1 Å². The normalized spacial score (nSPS) is 20.4. The number of hydrogen-bond acceptors (Lipinski definition) is 7. The minimum atomic E-state index is -3.75. The van der Waals surface area contributed by atoms with Crippen LogP contribution in [0.1, 0.15) is 38.5 Å². The number of nitrogens with two attached hydrogens (primary N) is 1. The molecule has 9 nitrogen and oxygen atoms in total. The number of carbonyl (C=O) groups excluding carboxylic acids is 1. The van der Waals surface area contributed by atoms with Crippen molar-refractivity contribution in [3.63, 3.8) is 0 Å². The highest BCUT2D eigenvalue weighted by atomic mass is 32.2. The molecule has 3 aliphatic rings. The summed E-state index contributed by atoms with van der Waals surface area (Å²) in [6.45, 7) is 0. The first-order valence-corrected chi connectivity index (χ1v) is 11.2. The highest BCUT2D eigenvalue weighted by Gasteiger charge is 2.59. The van der Waals surface area contributed by atoms with Gasteiger partial charge in [0.15, 0.2) is 17.2 Å². The van der Waals surface area contributed by atoms with E-state index in [2.05, 4.69) is 15.3 Å². The molecule has 2 aliphatic carbocycles. The van der Waals surface area contributed by atoms with Gasteiger partial charge in [0.1, 0.15) is 0 Å². The number of nitrogens with one attached hydrogen (secondary N) is 1. The molecule has 0 saturated heterocycles. The zero-order chi connectivity index (χ0) is 20.2. The van der Waals surface area contributed by atoms with Crippen LogP contribution in [0.25, 0.3) is 0 Å². The highest BCUT2D eigenvalue weighted by Crippen LogP contribution is 2.50. The van der Waals surface area contributed by atoms with Crippen LogP contribution in [-0.2, 0) is 14.8 Å². The van der Waals surface area contributed by atoms with Crippen molar-refractivity contribution in [1.29, 1.82) is 0 Å². The fourth-order valence-corrected chi connectivity index (χ4v) is 4.54. The van der Waals surface area contributed by atoms with Gasteiger partial charge in [0.05, 0.1) is 11.1 Å². The first kappa shape index (κ1) is 18.3. The van der Waals surface area contributed by atoms with Gasteiger partial charge in [-0.05, 0) is 37.1 Å². The maximum atomic E-state index is 13.1. The lowest BCUT2D eigenvalue weighted by molar-refractivity contribution is -0.128. The Hall–Kier alpha value is -2.72. The number of primary sulfonamides is 1. The van der Waals surface area contributed by atoms with Crippen molar-refractivity contribution in [3.05, 3.63) is 30.5 Å². The molecule has 2 saturated carbocycles. The SMILES string of the molecule is NS(=O)(=O)c1ccc(Nc2ncc3c(n2)N(C2CCCC2)C(=O)C2(CC2)O3)cc1. The van der Waals surface area contributed by atoms with Crippen molar-refractivity contribution in [2.75, 3.05) is 10.2 Å². The Bertz CT molecular complexity index is 1080. The van der Waals surface area contributed by atoms with Crippen LogP contribution in [0.3, 0.4) is 0 Å². The lowest BCUT2D eigenvalue weighted by atomic mass is 10.1. The molecule has 2 heterocycles. The minimum absolute atomic E-state index is 0.000875. The van der Waals surface area contributed by atoms with Crippen LogP contribution in [0.4, 0.5) is 17.5 Å². The van der Waals surface area contributed by atoms with Gasteiger partial charge in [-0.25, -0.2) is 18.5 Å². The van der Waals surface area contributed by atoms with E-state index in [0.717, 1.165) is 38.5 Å². The second-order valence-electron chi connectivity index (χ2n) is 7.79. The average Bonchev–Trinajstić information content (AvgIpc) is 3.25. The quantitative estimate of drug-likeness (QED) is 0.782. The third kappa shape index (κ3) is 3.22. The fraction of sp³-hybridized carbons (Fsp3) is 0.421. The number of nitrogens with zero attached hydrogens (tertiary/aromatic N) is 3. The Morgan fingerprint density at radius 3 is 2.48 bits per heavy atom. The second kappa shape index (κ2) is 6.39. The molecule has 10 heteroatoms. The number of carbonyl (C=O) groups is 1. The van der Waals surface area contributed by atoms with E-state index in [1.165, 1.54) is 12.1 Å². The molecule has 0 radical (unpaired) electrons. The molecule has 0 atom stereocenters. The Labute approximate surface area is 168 Å². The zero-order valence-corrected chi connectivity index (χ0v) is 16.5. The maximum absolute atomic E-state index is 13.1. The highest BCUT2D eigenvalue weighted by molar-refractivity contribution is 7.89. The molecule has 5 rings (SSSR count).